The summed E-state index contributed by atoms with van der Waals surface area (Å²) in [6, 6.07) is 9.36. The summed E-state index contributed by atoms with van der Waals surface area (Å²) in [4.78, 5) is 16.9. The van der Waals surface area contributed by atoms with Crippen molar-refractivity contribution in [3.05, 3.63) is 47.2 Å². The van der Waals surface area contributed by atoms with E-state index in [9.17, 15) is 13.2 Å². The van der Waals surface area contributed by atoms with E-state index >= 15 is 0 Å². The van der Waals surface area contributed by atoms with Crippen molar-refractivity contribution < 1.29 is 13.2 Å². The van der Waals surface area contributed by atoms with Crippen molar-refractivity contribution in [2.24, 2.45) is 7.05 Å². The normalized spacial score (nSPS) is 11.8. The summed E-state index contributed by atoms with van der Waals surface area (Å²) in [5.74, 6) is -0.297. The molecule has 0 spiro atoms. The van der Waals surface area contributed by atoms with Crippen molar-refractivity contribution in [3.63, 3.8) is 0 Å². The number of hydrogen-bond acceptors (Lipinski definition) is 5. The van der Waals surface area contributed by atoms with Crippen molar-refractivity contribution >= 4 is 37.5 Å². The van der Waals surface area contributed by atoms with Gasteiger partial charge in [-0.1, -0.05) is 12.1 Å². The zero-order valence-electron chi connectivity index (χ0n) is 14.5. The first-order chi connectivity index (χ1) is 12.4. The molecule has 2 heterocycles. The number of para-hydroxylation sites is 1. The maximum absolute atomic E-state index is 12.3. The molecule has 3 rings (SSSR count). The highest BCUT2D eigenvalue weighted by Gasteiger charge is 2.18. The topological polar surface area (TPSA) is 93.1 Å². The van der Waals surface area contributed by atoms with Crippen LogP contribution in [0.25, 0.3) is 10.2 Å². The molecule has 0 unspecified atom stereocenters. The van der Waals surface area contributed by atoms with Crippen LogP contribution in [0.4, 0.5) is 0 Å². The van der Waals surface area contributed by atoms with Gasteiger partial charge in [0.1, 0.15) is 10.6 Å². The van der Waals surface area contributed by atoms with Crippen molar-refractivity contribution in [2.75, 3.05) is 13.6 Å². The molecule has 9 heteroatoms. The largest absolute Gasteiger partial charge is 0.351 e. The summed E-state index contributed by atoms with van der Waals surface area (Å²) >= 11 is 1.66. The molecule has 0 saturated heterocycles. The predicted octanol–water partition coefficient (Wildman–Crippen LogP) is 1.91. The maximum atomic E-state index is 12.3. The van der Waals surface area contributed by atoms with Gasteiger partial charge in [-0.3, -0.25) is 4.79 Å². The summed E-state index contributed by atoms with van der Waals surface area (Å²) in [5.41, 5.74) is 1.30. The lowest BCUT2D eigenvalue weighted by atomic mass is 10.3. The van der Waals surface area contributed by atoms with Crippen LogP contribution in [0, 0.1) is 0 Å². The zero-order valence-corrected chi connectivity index (χ0v) is 16.2. The number of rotatable bonds is 7. The summed E-state index contributed by atoms with van der Waals surface area (Å²) in [5, 5.41) is 3.87. The Bertz CT molecular complexity index is 1000. The van der Waals surface area contributed by atoms with E-state index in [0.717, 1.165) is 28.1 Å². The van der Waals surface area contributed by atoms with Crippen LogP contribution in [-0.2, 0) is 23.5 Å². The molecule has 0 bridgehead atoms. The summed E-state index contributed by atoms with van der Waals surface area (Å²) < 4.78 is 28.5. The highest BCUT2D eigenvalue weighted by molar-refractivity contribution is 7.89. The molecule has 2 N–H and O–H groups in total. The number of sulfonamides is 1. The van der Waals surface area contributed by atoms with E-state index < -0.39 is 10.0 Å². The van der Waals surface area contributed by atoms with Crippen molar-refractivity contribution in [3.8, 4) is 0 Å². The number of aryl methyl sites for hydroxylation is 2. The number of carbonyl (C=O) groups excluding carboxylic acids is 1. The average molecular weight is 393 g/mol. The number of nitrogens with zero attached hydrogens (tertiary/aromatic N) is 2. The van der Waals surface area contributed by atoms with Gasteiger partial charge in [-0.15, -0.1) is 11.3 Å². The number of nitrogens with one attached hydrogen (secondary N) is 2. The van der Waals surface area contributed by atoms with E-state index in [1.165, 1.54) is 23.9 Å². The maximum Gasteiger partial charge on any atom is 0.267 e. The van der Waals surface area contributed by atoms with Gasteiger partial charge < -0.3 is 9.88 Å². The van der Waals surface area contributed by atoms with Gasteiger partial charge in [0, 0.05) is 26.2 Å². The van der Waals surface area contributed by atoms with E-state index in [0.29, 0.717) is 12.2 Å². The number of amides is 1. The minimum absolute atomic E-state index is 0.0714. The fraction of sp³-hybridized carbons (Fsp3) is 0.294. The molecular formula is C17H20N4O3S2. The Kier molecular flexibility index (Phi) is 5.40. The van der Waals surface area contributed by atoms with Gasteiger partial charge in [0.2, 0.25) is 10.0 Å². The SMILES string of the molecule is CNS(=O)(=O)c1cc(C(=O)NCCCc2nc3ccccc3s2)n(C)c1. The highest BCUT2D eigenvalue weighted by atomic mass is 32.2. The zero-order chi connectivity index (χ0) is 18.7. The molecule has 1 aromatic carbocycles. The second kappa shape index (κ2) is 7.56. The lowest BCUT2D eigenvalue weighted by Crippen LogP contribution is -2.26. The molecular weight excluding hydrogens is 372 g/mol. The van der Waals surface area contributed by atoms with E-state index in [1.54, 1.807) is 18.4 Å². The fourth-order valence-electron chi connectivity index (χ4n) is 2.58. The quantitative estimate of drug-likeness (QED) is 0.601. The average Bonchev–Trinajstić information content (AvgIpc) is 3.22. The van der Waals surface area contributed by atoms with E-state index in [1.807, 2.05) is 24.3 Å². The van der Waals surface area contributed by atoms with E-state index in [4.69, 9.17) is 0 Å². The van der Waals surface area contributed by atoms with Gasteiger partial charge in [-0.05, 0) is 31.7 Å². The van der Waals surface area contributed by atoms with E-state index in [2.05, 4.69) is 15.0 Å². The molecule has 26 heavy (non-hydrogen) atoms. The molecule has 2 aromatic heterocycles. The van der Waals surface area contributed by atoms with Crippen LogP contribution in [0.1, 0.15) is 21.9 Å². The van der Waals surface area contributed by atoms with Gasteiger partial charge in [0.15, 0.2) is 0 Å². The number of hydrogen-bond donors (Lipinski definition) is 2. The first-order valence-corrected chi connectivity index (χ1v) is 10.4. The lowest BCUT2D eigenvalue weighted by Gasteiger charge is -2.05. The van der Waals surface area contributed by atoms with Gasteiger partial charge in [-0.25, -0.2) is 18.1 Å². The first kappa shape index (κ1) is 18.6. The highest BCUT2D eigenvalue weighted by Crippen LogP contribution is 2.22. The molecule has 0 saturated carbocycles. The van der Waals surface area contributed by atoms with Crippen LogP contribution >= 0.6 is 11.3 Å². The summed E-state index contributed by atoms with van der Waals surface area (Å²) in [7, 11) is -0.584. The van der Waals surface area contributed by atoms with Crippen LogP contribution in [0.3, 0.4) is 0 Å². The van der Waals surface area contributed by atoms with Crippen molar-refractivity contribution in [1.82, 2.24) is 19.6 Å². The van der Waals surface area contributed by atoms with Crippen LogP contribution < -0.4 is 10.0 Å². The third-order valence-corrected chi connectivity index (χ3v) is 6.46. The molecule has 0 aliphatic rings. The number of fused-ring (bicyclic) bond motifs is 1. The smallest absolute Gasteiger partial charge is 0.267 e. The molecule has 0 atom stereocenters. The molecule has 0 aliphatic carbocycles. The first-order valence-electron chi connectivity index (χ1n) is 8.13. The van der Waals surface area contributed by atoms with Crippen LogP contribution in [-0.4, -0.2) is 37.5 Å². The molecule has 3 aromatic rings. The molecule has 0 radical (unpaired) electrons. The summed E-state index contributed by atoms with van der Waals surface area (Å²) in [6.45, 7) is 0.494. The number of carbonyl (C=O) groups is 1. The van der Waals surface area contributed by atoms with Crippen molar-refractivity contribution in [2.45, 2.75) is 17.7 Å². The standard InChI is InChI=1S/C17H20N4O3S2/c1-18-26(23,24)12-10-14(21(2)11-12)17(22)19-9-5-8-16-20-13-6-3-4-7-15(13)25-16/h3-4,6-7,10-11,18H,5,8-9H2,1-2H3,(H,19,22). The van der Waals surface area contributed by atoms with Crippen LogP contribution in [0.15, 0.2) is 41.4 Å². The van der Waals surface area contributed by atoms with Crippen LogP contribution in [0.2, 0.25) is 0 Å². The lowest BCUT2D eigenvalue weighted by molar-refractivity contribution is 0.0945. The minimum Gasteiger partial charge on any atom is -0.351 e. The van der Waals surface area contributed by atoms with Gasteiger partial charge in [0.25, 0.3) is 5.91 Å². The Hall–Kier alpha value is -2.23. The van der Waals surface area contributed by atoms with Gasteiger partial charge in [0.05, 0.1) is 15.2 Å². The van der Waals surface area contributed by atoms with Crippen LogP contribution in [0.5, 0.6) is 0 Å². The Labute approximate surface area is 156 Å². The molecule has 1 amide bonds. The second-order valence-corrected chi connectivity index (χ2v) is 8.82. The summed E-state index contributed by atoms with van der Waals surface area (Å²) in [6.07, 6.45) is 2.96. The molecule has 138 valence electrons. The van der Waals surface area contributed by atoms with Gasteiger partial charge >= 0.3 is 0 Å². The second-order valence-electron chi connectivity index (χ2n) is 5.81. The predicted molar refractivity (Wildman–Crippen MR) is 102 cm³/mol. The number of aromatic nitrogens is 2. The van der Waals surface area contributed by atoms with E-state index in [-0.39, 0.29) is 10.8 Å². The number of benzene rings is 1. The molecule has 0 fully saturated rings. The van der Waals surface area contributed by atoms with Gasteiger partial charge in [-0.2, -0.15) is 0 Å². The Morgan fingerprint density at radius 1 is 1.31 bits per heavy atom. The Balaban J connectivity index is 1.56. The monoisotopic (exact) mass is 392 g/mol. The fourth-order valence-corrected chi connectivity index (χ4v) is 4.39. The molecule has 0 aliphatic heterocycles. The number of thiazole rings is 1. The Morgan fingerprint density at radius 2 is 2.08 bits per heavy atom. The third-order valence-electron chi connectivity index (χ3n) is 3.98. The third kappa shape index (κ3) is 3.95. The minimum atomic E-state index is -3.57. The van der Waals surface area contributed by atoms with Crippen molar-refractivity contribution in [1.29, 1.82) is 0 Å². The Morgan fingerprint density at radius 3 is 2.81 bits per heavy atom. The molecule has 7 nitrogen and oxygen atoms in total.